The summed E-state index contributed by atoms with van der Waals surface area (Å²) in [4.78, 5) is 23.7. The van der Waals surface area contributed by atoms with Gasteiger partial charge in [-0.2, -0.15) is 0 Å². The fourth-order valence-electron chi connectivity index (χ4n) is 1.12. The predicted molar refractivity (Wildman–Crippen MR) is 73.3 cm³/mol. The van der Waals surface area contributed by atoms with Gasteiger partial charge in [0.25, 0.3) is 0 Å². The molecule has 0 bridgehead atoms. The first kappa shape index (κ1) is 13.0. The summed E-state index contributed by atoms with van der Waals surface area (Å²) >= 11 is 4.56. The molecule has 2 aromatic rings. The van der Waals surface area contributed by atoms with Gasteiger partial charge in [0.2, 0.25) is 5.91 Å². The van der Waals surface area contributed by atoms with E-state index >= 15 is 0 Å². The summed E-state index contributed by atoms with van der Waals surface area (Å²) in [5, 5.41) is 3.27. The molecule has 0 atom stereocenters. The Morgan fingerprint density at radius 1 is 1.28 bits per heavy atom. The second kappa shape index (κ2) is 6.46. The Morgan fingerprint density at radius 3 is 2.72 bits per heavy atom. The van der Waals surface area contributed by atoms with Gasteiger partial charge in [0.1, 0.15) is 5.82 Å². The SMILES string of the molecule is O=C(CSc1ncccn1)Nc1ccc(Br)cn1. The number of thioether (sulfide) groups is 1. The lowest BCUT2D eigenvalue weighted by Gasteiger charge is -2.03. The van der Waals surface area contributed by atoms with Crippen molar-refractivity contribution in [1.82, 2.24) is 15.0 Å². The Bertz CT molecular complexity index is 520. The van der Waals surface area contributed by atoms with Crippen molar-refractivity contribution in [2.45, 2.75) is 5.16 Å². The number of nitrogens with zero attached hydrogens (tertiary/aromatic N) is 3. The standard InChI is InChI=1S/C11H9BrN4OS/c12-8-2-3-9(15-6-8)16-10(17)7-18-11-13-4-1-5-14-11/h1-6H,7H2,(H,15,16,17). The third-order valence-electron chi connectivity index (χ3n) is 1.87. The normalized spacial score (nSPS) is 10.1. The second-order valence-electron chi connectivity index (χ2n) is 3.23. The largest absolute Gasteiger partial charge is 0.310 e. The molecular formula is C11H9BrN4OS. The van der Waals surface area contributed by atoms with E-state index in [9.17, 15) is 4.79 Å². The summed E-state index contributed by atoms with van der Waals surface area (Å²) in [6.45, 7) is 0. The van der Waals surface area contributed by atoms with E-state index in [0.29, 0.717) is 11.0 Å². The first-order chi connectivity index (χ1) is 8.74. The van der Waals surface area contributed by atoms with E-state index in [1.807, 2.05) is 6.07 Å². The first-order valence-electron chi connectivity index (χ1n) is 5.05. The van der Waals surface area contributed by atoms with Gasteiger partial charge in [0.15, 0.2) is 5.16 Å². The molecule has 2 aromatic heterocycles. The minimum absolute atomic E-state index is 0.137. The number of aromatic nitrogens is 3. The van der Waals surface area contributed by atoms with Crippen LogP contribution in [0.15, 0.2) is 46.4 Å². The number of hydrogen-bond donors (Lipinski definition) is 1. The van der Waals surface area contributed by atoms with Crippen molar-refractivity contribution < 1.29 is 4.79 Å². The number of carbonyl (C=O) groups excluding carboxylic acids is 1. The highest BCUT2D eigenvalue weighted by Gasteiger charge is 2.05. The highest BCUT2D eigenvalue weighted by Crippen LogP contribution is 2.13. The zero-order valence-electron chi connectivity index (χ0n) is 9.21. The lowest BCUT2D eigenvalue weighted by molar-refractivity contribution is -0.113. The quantitative estimate of drug-likeness (QED) is 0.690. The van der Waals surface area contributed by atoms with Gasteiger partial charge in [0, 0.05) is 23.1 Å². The van der Waals surface area contributed by atoms with Crippen molar-refractivity contribution in [3.63, 3.8) is 0 Å². The van der Waals surface area contributed by atoms with Crippen molar-refractivity contribution >= 4 is 39.4 Å². The number of carbonyl (C=O) groups is 1. The number of nitrogens with one attached hydrogen (secondary N) is 1. The van der Waals surface area contributed by atoms with Gasteiger partial charge in [-0.05, 0) is 34.1 Å². The molecule has 5 nitrogen and oxygen atoms in total. The average molecular weight is 325 g/mol. The Hall–Kier alpha value is -1.47. The van der Waals surface area contributed by atoms with E-state index in [4.69, 9.17) is 0 Å². The molecule has 2 rings (SSSR count). The molecule has 0 spiro atoms. The third-order valence-corrected chi connectivity index (χ3v) is 3.21. The molecule has 18 heavy (non-hydrogen) atoms. The maximum Gasteiger partial charge on any atom is 0.236 e. The van der Waals surface area contributed by atoms with Crippen molar-refractivity contribution in [2.75, 3.05) is 11.1 Å². The van der Waals surface area contributed by atoms with Gasteiger partial charge in [-0.3, -0.25) is 4.79 Å². The Kier molecular flexibility index (Phi) is 4.66. The fraction of sp³-hybridized carbons (Fsp3) is 0.0909. The molecule has 92 valence electrons. The zero-order valence-corrected chi connectivity index (χ0v) is 11.6. The average Bonchev–Trinajstić information content (AvgIpc) is 2.40. The number of amides is 1. The molecule has 0 aliphatic heterocycles. The minimum Gasteiger partial charge on any atom is -0.310 e. The first-order valence-corrected chi connectivity index (χ1v) is 6.83. The molecule has 2 heterocycles. The molecule has 1 amide bonds. The Balaban J connectivity index is 1.84. The number of pyridine rings is 1. The molecule has 1 N–H and O–H groups in total. The number of hydrogen-bond acceptors (Lipinski definition) is 5. The Morgan fingerprint density at radius 2 is 2.06 bits per heavy atom. The molecule has 0 saturated carbocycles. The number of rotatable bonds is 4. The van der Waals surface area contributed by atoms with E-state index < -0.39 is 0 Å². The van der Waals surface area contributed by atoms with E-state index in [2.05, 4.69) is 36.2 Å². The number of anilines is 1. The van der Waals surface area contributed by atoms with Gasteiger partial charge in [-0.15, -0.1) is 0 Å². The molecule has 0 aliphatic rings. The maximum atomic E-state index is 11.6. The van der Waals surface area contributed by atoms with Gasteiger partial charge in [0.05, 0.1) is 5.75 Å². The summed E-state index contributed by atoms with van der Waals surface area (Å²) in [7, 11) is 0. The summed E-state index contributed by atoms with van der Waals surface area (Å²) in [5.74, 6) is 0.641. The van der Waals surface area contributed by atoms with Crippen molar-refractivity contribution in [2.24, 2.45) is 0 Å². The summed E-state index contributed by atoms with van der Waals surface area (Å²) in [6.07, 6.45) is 4.91. The molecule has 7 heteroatoms. The van der Waals surface area contributed by atoms with Crippen LogP contribution in [0.1, 0.15) is 0 Å². The van der Waals surface area contributed by atoms with Crippen LogP contribution in [0.4, 0.5) is 5.82 Å². The molecule has 0 radical (unpaired) electrons. The highest BCUT2D eigenvalue weighted by molar-refractivity contribution is 9.10. The molecule has 0 fully saturated rings. The maximum absolute atomic E-state index is 11.6. The van der Waals surface area contributed by atoms with Crippen LogP contribution in [0.3, 0.4) is 0 Å². The van der Waals surface area contributed by atoms with Crippen LogP contribution in [0.5, 0.6) is 0 Å². The second-order valence-corrected chi connectivity index (χ2v) is 5.09. The highest BCUT2D eigenvalue weighted by atomic mass is 79.9. The van der Waals surface area contributed by atoms with Gasteiger partial charge >= 0.3 is 0 Å². The molecule has 0 aliphatic carbocycles. The van der Waals surface area contributed by atoms with Crippen LogP contribution >= 0.6 is 27.7 Å². The number of halogens is 1. The predicted octanol–water partition coefficient (Wildman–Crippen LogP) is 2.36. The van der Waals surface area contributed by atoms with Crippen molar-refractivity contribution in [1.29, 1.82) is 0 Å². The zero-order chi connectivity index (χ0) is 12.8. The summed E-state index contributed by atoms with van der Waals surface area (Å²) in [6, 6.07) is 5.28. The molecule has 0 saturated heterocycles. The van der Waals surface area contributed by atoms with Crippen molar-refractivity contribution in [3.8, 4) is 0 Å². The minimum atomic E-state index is -0.137. The van der Waals surface area contributed by atoms with Crippen LogP contribution in [0.25, 0.3) is 0 Å². The molecular weight excluding hydrogens is 316 g/mol. The topological polar surface area (TPSA) is 67.8 Å². The van der Waals surface area contributed by atoms with Crippen LogP contribution in [-0.2, 0) is 4.79 Å². The smallest absolute Gasteiger partial charge is 0.236 e. The molecule has 0 unspecified atom stereocenters. The molecule has 0 aromatic carbocycles. The summed E-state index contributed by atoms with van der Waals surface area (Å²) < 4.78 is 0.868. The van der Waals surface area contributed by atoms with E-state index in [0.717, 1.165) is 4.47 Å². The summed E-state index contributed by atoms with van der Waals surface area (Å²) in [5.41, 5.74) is 0. The van der Waals surface area contributed by atoms with E-state index in [1.54, 1.807) is 30.7 Å². The lowest BCUT2D eigenvalue weighted by atomic mass is 10.4. The fourth-order valence-corrected chi connectivity index (χ4v) is 1.96. The third kappa shape index (κ3) is 4.08. The monoisotopic (exact) mass is 324 g/mol. The van der Waals surface area contributed by atoms with Crippen LogP contribution in [-0.4, -0.2) is 26.6 Å². The van der Waals surface area contributed by atoms with Crippen LogP contribution < -0.4 is 5.32 Å². The van der Waals surface area contributed by atoms with Gasteiger partial charge in [-0.25, -0.2) is 15.0 Å². The van der Waals surface area contributed by atoms with Crippen LogP contribution in [0.2, 0.25) is 0 Å². The lowest BCUT2D eigenvalue weighted by Crippen LogP contribution is -2.15. The van der Waals surface area contributed by atoms with E-state index in [-0.39, 0.29) is 11.7 Å². The van der Waals surface area contributed by atoms with Gasteiger partial charge < -0.3 is 5.32 Å². The van der Waals surface area contributed by atoms with E-state index in [1.165, 1.54) is 11.8 Å². The van der Waals surface area contributed by atoms with Gasteiger partial charge in [-0.1, -0.05) is 11.8 Å². The van der Waals surface area contributed by atoms with Crippen molar-refractivity contribution in [3.05, 3.63) is 41.3 Å². The Labute approximate surface area is 117 Å². The van der Waals surface area contributed by atoms with Crippen LogP contribution in [0, 0.1) is 0 Å².